The van der Waals surface area contributed by atoms with Crippen LogP contribution in [-0.2, 0) is 19.2 Å². The Morgan fingerprint density at radius 3 is 2.11 bits per heavy atom. The van der Waals surface area contributed by atoms with Gasteiger partial charge < -0.3 is 15.7 Å². The molecule has 0 unspecified atom stereocenters. The van der Waals surface area contributed by atoms with Crippen LogP contribution < -0.4 is 10.6 Å². The summed E-state index contributed by atoms with van der Waals surface area (Å²) < 4.78 is 0. The summed E-state index contributed by atoms with van der Waals surface area (Å²) in [6, 6.07) is -0.975. The summed E-state index contributed by atoms with van der Waals surface area (Å²) in [5, 5.41) is 13.5. The average Bonchev–Trinajstić information content (AvgIpc) is 2.23. The second-order valence-electron chi connectivity index (χ2n) is 4.74. The van der Waals surface area contributed by atoms with Gasteiger partial charge in [-0.3, -0.25) is 14.4 Å². The minimum atomic E-state index is -1.11. The molecule has 0 spiro atoms. The first-order chi connectivity index (χ1) is 8.72. The van der Waals surface area contributed by atoms with Crippen molar-refractivity contribution in [3.8, 4) is 0 Å². The number of Topliss-reactive ketones (excluding diaryl/α,β-unsaturated/α-hetero) is 1. The Labute approximate surface area is 111 Å². The Hall–Kier alpha value is -1.92. The molecule has 0 saturated heterocycles. The van der Waals surface area contributed by atoms with Crippen molar-refractivity contribution in [3.05, 3.63) is 0 Å². The van der Waals surface area contributed by atoms with Crippen LogP contribution >= 0.6 is 0 Å². The Balaban J connectivity index is 4.17. The molecule has 2 amide bonds. The molecule has 0 aliphatic carbocycles. The number of ketones is 1. The lowest BCUT2D eigenvalue weighted by Gasteiger charge is -2.16. The van der Waals surface area contributed by atoms with Crippen LogP contribution in [0.15, 0.2) is 0 Å². The van der Waals surface area contributed by atoms with Gasteiger partial charge in [-0.2, -0.15) is 0 Å². The number of carbonyl (C=O) groups is 4. The highest BCUT2D eigenvalue weighted by molar-refractivity contribution is 5.98. The third-order valence-electron chi connectivity index (χ3n) is 2.20. The molecule has 7 nitrogen and oxygen atoms in total. The average molecular weight is 272 g/mol. The molecule has 0 aliphatic heterocycles. The Morgan fingerprint density at radius 1 is 1.11 bits per heavy atom. The minimum absolute atomic E-state index is 0.119. The van der Waals surface area contributed by atoms with Gasteiger partial charge in [0.05, 0.1) is 13.0 Å². The van der Waals surface area contributed by atoms with Crippen molar-refractivity contribution in [2.45, 2.75) is 39.7 Å². The topological polar surface area (TPSA) is 113 Å². The summed E-state index contributed by atoms with van der Waals surface area (Å²) in [5.74, 6) is -2.45. The van der Waals surface area contributed by atoms with Crippen molar-refractivity contribution in [2.75, 3.05) is 6.54 Å². The third-order valence-corrected chi connectivity index (χ3v) is 2.20. The molecule has 0 fully saturated rings. The van der Waals surface area contributed by atoms with Crippen LogP contribution in [0, 0.1) is 5.92 Å². The van der Waals surface area contributed by atoms with E-state index in [4.69, 9.17) is 5.11 Å². The molecule has 1 atom stereocenters. The lowest BCUT2D eigenvalue weighted by Crippen LogP contribution is -2.46. The van der Waals surface area contributed by atoms with Crippen molar-refractivity contribution >= 4 is 23.6 Å². The van der Waals surface area contributed by atoms with Crippen molar-refractivity contribution in [1.29, 1.82) is 0 Å². The van der Waals surface area contributed by atoms with E-state index in [-0.39, 0.29) is 24.7 Å². The highest BCUT2D eigenvalue weighted by atomic mass is 16.4. The molecule has 0 aromatic heterocycles. The molecule has 0 aromatic carbocycles. The third kappa shape index (κ3) is 8.76. The standard InChI is InChI=1S/C12H20N2O5/c1-7(2)4-9(12(18)19)14-11(17)6-13-10(16)5-8(3)15/h7,9H,4-6H2,1-3H3,(H,13,16)(H,14,17)(H,18,19)/t9-/m0/s1. The summed E-state index contributed by atoms with van der Waals surface area (Å²) in [6.07, 6.45) is 0.0180. The van der Waals surface area contributed by atoms with Gasteiger partial charge in [0.1, 0.15) is 11.8 Å². The summed E-state index contributed by atoms with van der Waals surface area (Å²) in [7, 11) is 0. The zero-order valence-corrected chi connectivity index (χ0v) is 11.4. The van der Waals surface area contributed by atoms with E-state index < -0.39 is 23.8 Å². The minimum Gasteiger partial charge on any atom is -0.480 e. The van der Waals surface area contributed by atoms with Crippen molar-refractivity contribution in [1.82, 2.24) is 10.6 Å². The van der Waals surface area contributed by atoms with Crippen LogP contribution in [0.25, 0.3) is 0 Å². The monoisotopic (exact) mass is 272 g/mol. The summed E-state index contributed by atoms with van der Waals surface area (Å²) in [5.41, 5.74) is 0. The number of nitrogens with one attached hydrogen (secondary N) is 2. The SMILES string of the molecule is CC(=O)CC(=O)NCC(=O)N[C@@H](CC(C)C)C(=O)O. The fourth-order valence-electron chi connectivity index (χ4n) is 1.41. The quantitative estimate of drug-likeness (QED) is 0.525. The first-order valence-electron chi connectivity index (χ1n) is 6.00. The van der Waals surface area contributed by atoms with Gasteiger partial charge in [-0.05, 0) is 19.3 Å². The molecule has 0 bridgehead atoms. The van der Waals surface area contributed by atoms with Gasteiger partial charge in [-0.1, -0.05) is 13.8 Å². The molecule has 0 aliphatic rings. The number of amides is 2. The summed E-state index contributed by atoms with van der Waals surface area (Å²) >= 11 is 0. The fourth-order valence-corrected chi connectivity index (χ4v) is 1.41. The predicted octanol–water partition coefficient (Wildman–Crippen LogP) is -0.303. The largest absolute Gasteiger partial charge is 0.480 e. The number of carboxylic acids is 1. The van der Waals surface area contributed by atoms with Gasteiger partial charge in [0.15, 0.2) is 0 Å². The molecule has 0 aromatic rings. The summed E-state index contributed by atoms with van der Waals surface area (Å²) in [4.78, 5) is 44.1. The van der Waals surface area contributed by atoms with E-state index in [1.54, 1.807) is 0 Å². The fraction of sp³-hybridized carbons (Fsp3) is 0.667. The predicted molar refractivity (Wildman–Crippen MR) is 67.3 cm³/mol. The molecule has 7 heteroatoms. The molecule has 0 radical (unpaired) electrons. The first-order valence-corrected chi connectivity index (χ1v) is 6.00. The molecule has 3 N–H and O–H groups in total. The highest BCUT2D eigenvalue weighted by Gasteiger charge is 2.21. The van der Waals surface area contributed by atoms with Crippen LogP contribution in [0.1, 0.15) is 33.6 Å². The van der Waals surface area contributed by atoms with E-state index >= 15 is 0 Å². The molecule has 0 heterocycles. The Kier molecular flexibility index (Phi) is 7.40. The smallest absolute Gasteiger partial charge is 0.326 e. The second kappa shape index (κ2) is 8.23. The van der Waals surface area contributed by atoms with Crippen LogP contribution in [0.5, 0.6) is 0 Å². The van der Waals surface area contributed by atoms with Crippen LogP contribution in [0.2, 0.25) is 0 Å². The maximum absolute atomic E-state index is 11.5. The maximum Gasteiger partial charge on any atom is 0.326 e. The Morgan fingerprint density at radius 2 is 1.68 bits per heavy atom. The lowest BCUT2D eigenvalue weighted by molar-refractivity contribution is -0.142. The molecule has 108 valence electrons. The van der Waals surface area contributed by atoms with E-state index in [1.165, 1.54) is 6.92 Å². The van der Waals surface area contributed by atoms with Gasteiger partial charge >= 0.3 is 5.97 Å². The van der Waals surface area contributed by atoms with Crippen molar-refractivity contribution in [3.63, 3.8) is 0 Å². The maximum atomic E-state index is 11.5. The molecular formula is C12H20N2O5. The second-order valence-corrected chi connectivity index (χ2v) is 4.74. The van der Waals surface area contributed by atoms with E-state index in [2.05, 4.69) is 10.6 Å². The van der Waals surface area contributed by atoms with Crippen molar-refractivity contribution < 1.29 is 24.3 Å². The van der Waals surface area contributed by atoms with Gasteiger partial charge in [0.2, 0.25) is 11.8 Å². The lowest BCUT2D eigenvalue weighted by atomic mass is 10.0. The highest BCUT2D eigenvalue weighted by Crippen LogP contribution is 2.04. The molecule has 0 saturated carbocycles. The van der Waals surface area contributed by atoms with E-state index in [0.29, 0.717) is 6.42 Å². The van der Waals surface area contributed by atoms with Gasteiger partial charge in [0, 0.05) is 0 Å². The zero-order chi connectivity index (χ0) is 15.0. The van der Waals surface area contributed by atoms with Gasteiger partial charge in [-0.15, -0.1) is 0 Å². The van der Waals surface area contributed by atoms with Crippen LogP contribution in [0.3, 0.4) is 0 Å². The number of rotatable bonds is 8. The number of carbonyl (C=O) groups excluding carboxylic acids is 3. The Bertz CT molecular complexity index is 365. The zero-order valence-electron chi connectivity index (χ0n) is 11.4. The van der Waals surface area contributed by atoms with E-state index in [1.807, 2.05) is 13.8 Å². The van der Waals surface area contributed by atoms with Crippen molar-refractivity contribution in [2.24, 2.45) is 5.92 Å². The van der Waals surface area contributed by atoms with E-state index in [0.717, 1.165) is 0 Å². The molecule has 19 heavy (non-hydrogen) atoms. The first kappa shape index (κ1) is 17.1. The number of hydrogen-bond acceptors (Lipinski definition) is 4. The van der Waals surface area contributed by atoms with E-state index in [9.17, 15) is 19.2 Å². The number of carboxylic acid groups (broad SMARTS) is 1. The summed E-state index contributed by atoms with van der Waals surface area (Å²) in [6.45, 7) is 4.62. The number of hydrogen-bond donors (Lipinski definition) is 3. The van der Waals surface area contributed by atoms with Gasteiger partial charge in [0.25, 0.3) is 0 Å². The molecule has 0 rings (SSSR count). The van der Waals surface area contributed by atoms with Crippen LogP contribution in [-0.4, -0.2) is 41.3 Å². The van der Waals surface area contributed by atoms with Crippen LogP contribution in [0.4, 0.5) is 0 Å². The number of aliphatic carboxylic acids is 1. The molecular weight excluding hydrogens is 252 g/mol. The van der Waals surface area contributed by atoms with Gasteiger partial charge in [-0.25, -0.2) is 4.79 Å². The normalized spacial score (nSPS) is 11.8.